The zero-order chi connectivity index (χ0) is 11.8. The number of rotatable bonds is 2. The van der Waals surface area contributed by atoms with Crippen molar-refractivity contribution in [2.75, 3.05) is 0 Å². The molecule has 2 nitrogen and oxygen atoms in total. The molecule has 0 aliphatic heterocycles. The predicted octanol–water partition coefficient (Wildman–Crippen LogP) is 3.71. The maximum atomic E-state index is 6.32. The van der Waals surface area contributed by atoms with E-state index in [4.69, 9.17) is 5.73 Å². The summed E-state index contributed by atoms with van der Waals surface area (Å²) in [5, 5.41) is 2.12. The van der Waals surface area contributed by atoms with E-state index < -0.39 is 0 Å². The lowest BCUT2D eigenvalue weighted by atomic mass is 10.0. The fourth-order valence-corrected chi connectivity index (χ4v) is 4.03. The van der Waals surface area contributed by atoms with Crippen molar-refractivity contribution in [3.8, 4) is 0 Å². The smallest absolute Gasteiger partial charge is 0.0664 e. The normalized spacial score (nSPS) is 13.1. The molecule has 17 heavy (non-hydrogen) atoms. The molecule has 86 valence electrons. The second kappa shape index (κ2) is 4.22. The zero-order valence-electron chi connectivity index (χ0n) is 9.38. The van der Waals surface area contributed by atoms with E-state index in [9.17, 15) is 0 Å². The number of hydrogen-bond donors (Lipinski definition) is 1. The fraction of sp³-hybridized carbons (Fsp3) is 0.154. The second-order valence-electron chi connectivity index (χ2n) is 4.01. The van der Waals surface area contributed by atoms with E-state index in [1.54, 1.807) is 28.9 Å². The first kappa shape index (κ1) is 10.9. The number of fused-ring (bicyclic) bond motifs is 1. The van der Waals surface area contributed by atoms with E-state index in [1.807, 2.05) is 12.3 Å². The highest BCUT2D eigenvalue weighted by atomic mass is 32.1. The van der Waals surface area contributed by atoms with Crippen LogP contribution in [0.1, 0.15) is 22.0 Å². The molecule has 0 saturated carbocycles. The van der Waals surface area contributed by atoms with Gasteiger partial charge in [-0.3, -0.25) is 4.98 Å². The summed E-state index contributed by atoms with van der Waals surface area (Å²) in [6.45, 7) is 2.08. The molecule has 0 radical (unpaired) electrons. The van der Waals surface area contributed by atoms with E-state index in [0.717, 1.165) is 5.56 Å². The summed E-state index contributed by atoms with van der Waals surface area (Å²) in [6.07, 6.45) is 3.67. The lowest BCUT2D eigenvalue weighted by molar-refractivity contribution is 0.873. The number of pyridine rings is 1. The van der Waals surface area contributed by atoms with Gasteiger partial charge in [0, 0.05) is 26.7 Å². The topological polar surface area (TPSA) is 38.9 Å². The van der Waals surface area contributed by atoms with Crippen LogP contribution in [0.2, 0.25) is 0 Å². The van der Waals surface area contributed by atoms with E-state index in [1.165, 1.54) is 19.8 Å². The molecule has 3 rings (SSSR count). The molecule has 2 N–H and O–H groups in total. The summed E-state index contributed by atoms with van der Waals surface area (Å²) in [6, 6.07) is 6.29. The number of aryl methyl sites for hydroxylation is 1. The van der Waals surface area contributed by atoms with Crippen LogP contribution in [0.4, 0.5) is 0 Å². The van der Waals surface area contributed by atoms with Crippen molar-refractivity contribution in [2.24, 2.45) is 5.73 Å². The number of hydrogen-bond acceptors (Lipinski definition) is 4. The predicted molar refractivity (Wildman–Crippen MR) is 74.7 cm³/mol. The SMILES string of the molecule is Cc1ccncc1C(N)c1cc2sccc2s1. The van der Waals surface area contributed by atoms with E-state index in [-0.39, 0.29) is 6.04 Å². The fourth-order valence-electron chi connectivity index (χ4n) is 1.89. The average Bonchev–Trinajstić information content (AvgIpc) is 2.88. The summed E-state index contributed by atoms with van der Waals surface area (Å²) < 4.78 is 2.64. The van der Waals surface area contributed by atoms with Crippen molar-refractivity contribution >= 4 is 32.1 Å². The van der Waals surface area contributed by atoms with Crippen molar-refractivity contribution in [2.45, 2.75) is 13.0 Å². The summed E-state index contributed by atoms with van der Waals surface area (Å²) in [4.78, 5) is 5.37. The molecule has 0 aromatic carbocycles. The van der Waals surface area contributed by atoms with Crippen LogP contribution in [0.3, 0.4) is 0 Å². The maximum Gasteiger partial charge on any atom is 0.0664 e. The Hall–Kier alpha value is -1.23. The van der Waals surface area contributed by atoms with Gasteiger partial charge in [-0.1, -0.05) is 0 Å². The van der Waals surface area contributed by atoms with Crippen molar-refractivity contribution in [3.63, 3.8) is 0 Å². The van der Waals surface area contributed by atoms with Crippen LogP contribution < -0.4 is 5.73 Å². The zero-order valence-corrected chi connectivity index (χ0v) is 11.0. The summed E-state index contributed by atoms with van der Waals surface area (Å²) in [7, 11) is 0. The molecule has 1 unspecified atom stereocenters. The van der Waals surface area contributed by atoms with Crippen LogP contribution in [0.15, 0.2) is 36.0 Å². The first-order valence-electron chi connectivity index (χ1n) is 5.39. The van der Waals surface area contributed by atoms with Crippen LogP contribution in [-0.4, -0.2) is 4.98 Å². The Morgan fingerprint density at radius 2 is 2.18 bits per heavy atom. The first-order valence-corrected chi connectivity index (χ1v) is 7.08. The summed E-state index contributed by atoms with van der Waals surface area (Å²) in [5.41, 5.74) is 8.63. The van der Waals surface area contributed by atoms with Crippen LogP contribution >= 0.6 is 22.7 Å². The van der Waals surface area contributed by atoms with Gasteiger partial charge in [-0.25, -0.2) is 0 Å². The molecule has 0 aliphatic carbocycles. The van der Waals surface area contributed by atoms with Gasteiger partial charge in [-0.15, -0.1) is 22.7 Å². The van der Waals surface area contributed by atoms with Gasteiger partial charge in [0.25, 0.3) is 0 Å². The van der Waals surface area contributed by atoms with E-state index in [0.29, 0.717) is 0 Å². The molecule has 0 fully saturated rings. The monoisotopic (exact) mass is 260 g/mol. The molecule has 3 aromatic rings. The van der Waals surface area contributed by atoms with Gasteiger partial charge in [-0.05, 0) is 41.6 Å². The van der Waals surface area contributed by atoms with Gasteiger partial charge < -0.3 is 5.73 Å². The van der Waals surface area contributed by atoms with Crippen LogP contribution in [0, 0.1) is 6.92 Å². The van der Waals surface area contributed by atoms with Gasteiger partial charge >= 0.3 is 0 Å². The molecule has 4 heteroatoms. The lowest BCUT2D eigenvalue weighted by Gasteiger charge is -2.11. The van der Waals surface area contributed by atoms with Gasteiger partial charge in [0.1, 0.15) is 0 Å². The van der Waals surface area contributed by atoms with Gasteiger partial charge in [-0.2, -0.15) is 0 Å². The Bertz CT molecular complexity index is 626. The molecular weight excluding hydrogens is 248 g/mol. The lowest BCUT2D eigenvalue weighted by Crippen LogP contribution is -2.11. The molecule has 0 saturated heterocycles. The minimum absolute atomic E-state index is 0.0618. The molecular formula is C13H12N2S2. The standard InChI is InChI=1S/C13H12N2S2/c1-8-2-4-15-7-9(8)13(14)12-6-11-10(17-12)3-5-16-11/h2-7,13H,14H2,1H3. The van der Waals surface area contributed by atoms with Crippen molar-refractivity contribution < 1.29 is 0 Å². The Labute approximate surface area is 108 Å². The number of nitrogens with two attached hydrogens (primary N) is 1. The van der Waals surface area contributed by atoms with Gasteiger partial charge in [0.15, 0.2) is 0 Å². The highest BCUT2D eigenvalue weighted by Crippen LogP contribution is 2.35. The van der Waals surface area contributed by atoms with Crippen molar-refractivity contribution in [1.82, 2.24) is 4.98 Å². The Morgan fingerprint density at radius 1 is 1.29 bits per heavy atom. The Morgan fingerprint density at radius 3 is 2.94 bits per heavy atom. The Balaban J connectivity index is 2.04. The average molecular weight is 260 g/mol. The van der Waals surface area contributed by atoms with Gasteiger partial charge in [0.05, 0.1) is 6.04 Å². The third-order valence-corrected chi connectivity index (χ3v) is 5.06. The maximum absolute atomic E-state index is 6.32. The molecule has 3 heterocycles. The number of thiophene rings is 2. The van der Waals surface area contributed by atoms with Crippen molar-refractivity contribution in [1.29, 1.82) is 0 Å². The Kier molecular flexibility index (Phi) is 2.70. The van der Waals surface area contributed by atoms with Crippen LogP contribution in [0.25, 0.3) is 9.40 Å². The number of aromatic nitrogens is 1. The quantitative estimate of drug-likeness (QED) is 0.762. The molecule has 0 bridgehead atoms. The minimum atomic E-state index is -0.0618. The summed E-state index contributed by atoms with van der Waals surface area (Å²) >= 11 is 3.54. The van der Waals surface area contributed by atoms with E-state index in [2.05, 4.69) is 29.4 Å². The molecule has 3 aromatic heterocycles. The molecule has 1 atom stereocenters. The third-order valence-electron chi connectivity index (χ3n) is 2.88. The summed E-state index contributed by atoms with van der Waals surface area (Å²) in [5.74, 6) is 0. The highest BCUT2D eigenvalue weighted by Gasteiger charge is 2.14. The van der Waals surface area contributed by atoms with Gasteiger partial charge in [0.2, 0.25) is 0 Å². The largest absolute Gasteiger partial charge is 0.320 e. The number of nitrogens with zero attached hydrogens (tertiary/aromatic N) is 1. The minimum Gasteiger partial charge on any atom is -0.320 e. The molecule has 0 amide bonds. The van der Waals surface area contributed by atoms with Crippen LogP contribution in [0.5, 0.6) is 0 Å². The highest BCUT2D eigenvalue weighted by molar-refractivity contribution is 7.27. The third kappa shape index (κ3) is 1.88. The second-order valence-corrected chi connectivity index (χ2v) is 6.07. The first-order chi connectivity index (χ1) is 8.25. The molecule has 0 aliphatic rings. The molecule has 0 spiro atoms. The van der Waals surface area contributed by atoms with E-state index >= 15 is 0 Å². The van der Waals surface area contributed by atoms with Crippen LogP contribution in [-0.2, 0) is 0 Å². The van der Waals surface area contributed by atoms with Crippen molar-refractivity contribution in [3.05, 3.63) is 52.0 Å².